The van der Waals surface area contributed by atoms with E-state index in [4.69, 9.17) is 16.6 Å². The van der Waals surface area contributed by atoms with Crippen molar-refractivity contribution in [2.75, 3.05) is 0 Å². The Morgan fingerprint density at radius 1 is 1.21 bits per heavy atom. The van der Waals surface area contributed by atoms with Crippen molar-refractivity contribution in [3.63, 3.8) is 0 Å². The van der Waals surface area contributed by atoms with Crippen LogP contribution in [0.4, 0.5) is 0 Å². The lowest BCUT2D eigenvalue weighted by Gasteiger charge is -2.11. The molecule has 1 aliphatic carbocycles. The largest absolute Gasteiger partial charge is 0.264 e. The lowest BCUT2D eigenvalue weighted by Crippen LogP contribution is -2.01. The summed E-state index contributed by atoms with van der Waals surface area (Å²) >= 11 is 6.16. The fourth-order valence-electron chi connectivity index (χ4n) is 2.71. The van der Waals surface area contributed by atoms with E-state index in [1.54, 1.807) is 6.20 Å². The summed E-state index contributed by atoms with van der Waals surface area (Å²) in [6.07, 6.45) is 8.59. The summed E-state index contributed by atoms with van der Waals surface area (Å²) in [5.41, 5.74) is 3.17. The number of halogens is 1. The molecule has 3 nitrogen and oxygen atoms in total. The molecule has 98 valence electrons. The quantitative estimate of drug-likeness (QED) is 0.771. The molecule has 4 heteroatoms. The molecule has 2 aromatic heterocycles. The van der Waals surface area contributed by atoms with E-state index in [9.17, 15) is 0 Å². The van der Waals surface area contributed by atoms with E-state index in [-0.39, 0.29) is 0 Å². The van der Waals surface area contributed by atoms with Crippen molar-refractivity contribution in [2.24, 2.45) is 0 Å². The zero-order valence-corrected chi connectivity index (χ0v) is 11.7. The van der Waals surface area contributed by atoms with Crippen LogP contribution in [-0.4, -0.2) is 15.0 Å². The Morgan fingerprint density at radius 3 is 2.74 bits per heavy atom. The molecule has 3 rings (SSSR count). The predicted molar refractivity (Wildman–Crippen MR) is 76.2 cm³/mol. The Labute approximate surface area is 118 Å². The molecule has 0 aliphatic heterocycles. The maximum atomic E-state index is 6.16. The van der Waals surface area contributed by atoms with Crippen molar-refractivity contribution in [1.82, 2.24) is 15.0 Å². The van der Waals surface area contributed by atoms with Gasteiger partial charge in [0.15, 0.2) is 5.82 Å². The number of rotatable bonds is 2. The third kappa shape index (κ3) is 2.61. The number of pyridine rings is 1. The van der Waals surface area contributed by atoms with Crippen LogP contribution in [0.2, 0.25) is 5.15 Å². The molecule has 0 amide bonds. The molecule has 0 atom stereocenters. The van der Waals surface area contributed by atoms with Gasteiger partial charge in [-0.05, 0) is 37.5 Å². The number of aryl methyl sites for hydroxylation is 1. The summed E-state index contributed by atoms with van der Waals surface area (Å²) < 4.78 is 0. The highest BCUT2D eigenvalue weighted by atomic mass is 35.5. The van der Waals surface area contributed by atoms with Crippen LogP contribution in [0.25, 0.3) is 11.4 Å². The minimum atomic E-state index is 0.531. The van der Waals surface area contributed by atoms with Crippen LogP contribution in [0.3, 0.4) is 0 Å². The standard InChI is InChI=1S/C15H16ClN3/c1-10-9-17-7-6-12(10)15-18-13(8-14(16)19-15)11-4-2-3-5-11/h6-9,11H,2-5H2,1H3. The van der Waals surface area contributed by atoms with Crippen molar-refractivity contribution in [2.45, 2.75) is 38.5 Å². The normalized spacial score (nSPS) is 15.9. The molecule has 0 N–H and O–H groups in total. The lowest BCUT2D eigenvalue weighted by atomic mass is 10.0. The average molecular weight is 274 g/mol. The maximum Gasteiger partial charge on any atom is 0.161 e. The Morgan fingerprint density at radius 2 is 2.00 bits per heavy atom. The van der Waals surface area contributed by atoms with Crippen LogP contribution in [0.15, 0.2) is 24.5 Å². The minimum absolute atomic E-state index is 0.531. The average Bonchev–Trinajstić information content (AvgIpc) is 2.92. The molecule has 2 aromatic rings. The molecular weight excluding hydrogens is 258 g/mol. The van der Waals surface area contributed by atoms with Gasteiger partial charge in [0, 0.05) is 29.6 Å². The monoisotopic (exact) mass is 273 g/mol. The first-order valence-electron chi connectivity index (χ1n) is 6.69. The van der Waals surface area contributed by atoms with Gasteiger partial charge in [0.2, 0.25) is 0 Å². The van der Waals surface area contributed by atoms with Gasteiger partial charge in [-0.3, -0.25) is 4.98 Å². The molecule has 0 spiro atoms. The SMILES string of the molecule is Cc1cnccc1-c1nc(Cl)cc(C2CCCC2)n1. The molecule has 1 aliphatic rings. The Bertz CT molecular complexity index is 592. The molecule has 2 heterocycles. The van der Waals surface area contributed by atoms with E-state index in [0.717, 1.165) is 16.8 Å². The van der Waals surface area contributed by atoms with E-state index < -0.39 is 0 Å². The molecular formula is C15H16ClN3. The van der Waals surface area contributed by atoms with Crippen molar-refractivity contribution in [3.05, 3.63) is 40.9 Å². The van der Waals surface area contributed by atoms with Gasteiger partial charge >= 0.3 is 0 Å². The lowest BCUT2D eigenvalue weighted by molar-refractivity contribution is 0.695. The van der Waals surface area contributed by atoms with E-state index in [1.807, 2.05) is 25.3 Å². The van der Waals surface area contributed by atoms with Crippen LogP contribution in [0, 0.1) is 6.92 Å². The van der Waals surface area contributed by atoms with E-state index in [0.29, 0.717) is 16.9 Å². The highest BCUT2D eigenvalue weighted by Gasteiger charge is 2.20. The van der Waals surface area contributed by atoms with Crippen LogP contribution in [-0.2, 0) is 0 Å². The summed E-state index contributed by atoms with van der Waals surface area (Å²) in [6.45, 7) is 2.02. The van der Waals surface area contributed by atoms with Gasteiger partial charge < -0.3 is 0 Å². The van der Waals surface area contributed by atoms with E-state index in [2.05, 4.69) is 9.97 Å². The van der Waals surface area contributed by atoms with E-state index in [1.165, 1.54) is 25.7 Å². The van der Waals surface area contributed by atoms with Crippen LogP contribution in [0.5, 0.6) is 0 Å². The topological polar surface area (TPSA) is 38.7 Å². The second kappa shape index (κ2) is 5.25. The van der Waals surface area contributed by atoms with Gasteiger partial charge in [0.1, 0.15) is 5.15 Å². The molecule has 0 saturated heterocycles. The third-order valence-electron chi connectivity index (χ3n) is 3.75. The molecule has 1 fully saturated rings. The van der Waals surface area contributed by atoms with Gasteiger partial charge in [-0.1, -0.05) is 24.4 Å². The van der Waals surface area contributed by atoms with Crippen LogP contribution >= 0.6 is 11.6 Å². The number of nitrogens with zero attached hydrogens (tertiary/aromatic N) is 3. The summed E-state index contributed by atoms with van der Waals surface area (Å²) in [6, 6.07) is 3.86. The van der Waals surface area contributed by atoms with Crippen molar-refractivity contribution < 1.29 is 0 Å². The van der Waals surface area contributed by atoms with Gasteiger partial charge in [0.25, 0.3) is 0 Å². The molecule has 0 bridgehead atoms. The molecule has 0 unspecified atom stereocenters. The predicted octanol–water partition coefficient (Wildman–Crippen LogP) is 4.16. The van der Waals surface area contributed by atoms with E-state index >= 15 is 0 Å². The smallest absolute Gasteiger partial charge is 0.161 e. The Kier molecular flexibility index (Phi) is 3.47. The van der Waals surface area contributed by atoms with Gasteiger partial charge in [0.05, 0.1) is 0 Å². The highest BCUT2D eigenvalue weighted by Crippen LogP contribution is 2.34. The molecule has 0 aromatic carbocycles. The fraction of sp³-hybridized carbons (Fsp3) is 0.400. The zero-order chi connectivity index (χ0) is 13.2. The highest BCUT2D eigenvalue weighted by molar-refractivity contribution is 6.29. The summed E-state index contributed by atoms with van der Waals surface area (Å²) in [5, 5.41) is 0.531. The molecule has 0 radical (unpaired) electrons. The second-order valence-corrected chi connectivity index (χ2v) is 5.50. The Hall–Kier alpha value is -1.48. The number of hydrogen-bond acceptors (Lipinski definition) is 3. The Balaban J connectivity index is 2.04. The third-order valence-corrected chi connectivity index (χ3v) is 3.94. The van der Waals surface area contributed by atoms with Gasteiger partial charge in [-0.2, -0.15) is 0 Å². The molecule has 1 saturated carbocycles. The van der Waals surface area contributed by atoms with Crippen LogP contribution < -0.4 is 0 Å². The first-order chi connectivity index (χ1) is 9.24. The number of hydrogen-bond donors (Lipinski definition) is 0. The van der Waals surface area contributed by atoms with Crippen molar-refractivity contribution in [3.8, 4) is 11.4 Å². The second-order valence-electron chi connectivity index (χ2n) is 5.11. The van der Waals surface area contributed by atoms with Crippen LogP contribution in [0.1, 0.15) is 42.9 Å². The van der Waals surface area contributed by atoms with Gasteiger partial charge in [-0.15, -0.1) is 0 Å². The van der Waals surface area contributed by atoms with Crippen molar-refractivity contribution >= 4 is 11.6 Å². The fourth-order valence-corrected chi connectivity index (χ4v) is 2.90. The summed E-state index contributed by atoms with van der Waals surface area (Å²) in [4.78, 5) is 13.2. The first-order valence-corrected chi connectivity index (χ1v) is 7.07. The van der Waals surface area contributed by atoms with Gasteiger partial charge in [-0.25, -0.2) is 9.97 Å². The maximum absolute atomic E-state index is 6.16. The minimum Gasteiger partial charge on any atom is -0.264 e. The summed E-state index contributed by atoms with van der Waals surface area (Å²) in [7, 11) is 0. The van der Waals surface area contributed by atoms with Crippen molar-refractivity contribution in [1.29, 1.82) is 0 Å². The summed E-state index contributed by atoms with van der Waals surface area (Å²) in [5.74, 6) is 1.26. The zero-order valence-electron chi connectivity index (χ0n) is 10.9. The number of aromatic nitrogens is 3. The molecule has 19 heavy (non-hydrogen) atoms. The first kappa shape index (κ1) is 12.5.